The molecule has 0 spiro atoms. The highest BCUT2D eigenvalue weighted by atomic mass is 16.1. The Morgan fingerprint density at radius 1 is 1.08 bits per heavy atom. The molecule has 3 aromatic rings. The number of aromatic nitrogens is 1. The first-order chi connectivity index (χ1) is 12.7. The van der Waals surface area contributed by atoms with Gasteiger partial charge in [0.2, 0.25) is 0 Å². The molecule has 1 amide bonds. The van der Waals surface area contributed by atoms with Crippen LogP contribution in [0.1, 0.15) is 36.5 Å². The Morgan fingerprint density at radius 2 is 1.92 bits per heavy atom. The summed E-state index contributed by atoms with van der Waals surface area (Å²) in [6, 6.07) is 17.6. The van der Waals surface area contributed by atoms with E-state index in [2.05, 4.69) is 29.2 Å². The van der Waals surface area contributed by atoms with Crippen molar-refractivity contribution in [1.82, 2.24) is 4.98 Å². The van der Waals surface area contributed by atoms with Gasteiger partial charge in [0.05, 0.1) is 17.4 Å². The van der Waals surface area contributed by atoms with Crippen molar-refractivity contribution in [2.45, 2.75) is 26.2 Å². The number of fused-ring (bicyclic) bond motifs is 1. The topological polar surface area (TPSA) is 45.2 Å². The Hall–Kier alpha value is -2.88. The zero-order valence-electron chi connectivity index (χ0n) is 15.4. The van der Waals surface area contributed by atoms with Gasteiger partial charge in [0.1, 0.15) is 0 Å². The number of unbranched alkanes of at least 4 members (excludes halogenated alkanes) is 2. The van der Waals surface area contributed by atoms with Crippen LogP contribution in [0.5, 0.6) is 0 Å². The third-order valence-corrected chi connectivity index (χ3v) is 4.49. The van der Waals surface area contributed by atoms with Crippen LogP contribution in [0.2, 0.25) is 0 Å². The van der Waals surface area contributed by atoms with E-state index in [0.717, 1.165) is 29.6 Å². The van der Waals surface area contributed by atoms with Crippen molar-refractivity contribution in [3.63, 3.8) is 0 Å². The maximum Gasteiger partial charge on any atom is 0.255 e. The zero-order valence-corrected chi connectivity index (χ0v) is 15.4. The third kappa shape index (κ3) is 4.39. The number of benzene rings is 2. The minimum atomic E-state index is -0.120. The number of carbonyl (C=O) groups excluding carboxylic acids is 1. The first-order valence-corrected chi connectivity index (χ1v) is 9.14. The van der Waals surface area contributed by atoms with Crippen molar-refractivity contribution in [3.8, 4) is 0 Å². The molecular weight excluding hydrogens is 322 g/mol. The average Bonchev–Trinajstić information content (AvgIpc) is 2.68. The number of hydrogen-bond donors (Lipinski definition) is 1. The molecule has 0 saturated carbocycles. The van der Waals surface area contributed by atoms with Crippen LogP contribution in [0.4, 0.5) is 11.4 Å². The van der Waals surface area contributed by atoms with Crippen molar-refractivity contribution in [1.29, 1.82) is 0 Å². The SMILES string of the molecule is CCCCCN(C)c1cccc(C(=O)Nc2cnc3ccccc3c2)c1. The summed E-state index contributed by atoms with van der Waals surface area (Å²) in [4.78, 5) is 19.2. The predicted molar refractivity (Wildman–Crippen MR) is 109 cm³/mol. The highest BCUT2D eigenvalue weighted by molar-refractivity contribution is 6.05. The summed E-state index contributed by atoms with van der Waals surface area (Å²) in [6.07, 6.45) is 5.28. The molecule has 1 aromatic heterocycles. The van der Waals surface area contributed by atoms with E-state index in [9.17, 15) is 4.79 Å². The molecule has 0 saturated heterocycles. The molecule has 1 N–H and O–H groups in total. The fourth-order valence-corrected chi connectivity index (χ4v) is 2.96. The van der Waals surface area contributed by atoms with E-state index >= 15 is 0 Å². The van der Waals surface area contributed by atoms with Crippen LogP contribution in [0.15, 0.2) is 60.8 Å². The molecule has 0 bridgehead atoms. The Kier molecular flexibility index (Phi) is 5.84. The van der Waals surface area contributed by atoms with E-state index in [4.69, 9.17) is 0 Å². The normalized spacial score (nSPS) is 10.7. The second-order valence-electron chi connectivity index (χ2n) is 6.55. The fraction of sp³-hybridized carbons (Fsp3) is 0.273. The molecule has 0 aliphatic heterocycles. The summed E-state index contributed by atoms with van der Waals surface area (Å²) >= 11 is 0. The van der Waals surface area contributed by atoms with Gasteiger partial charge in [0.15, 0.2) is 0 Å². The smallest absolute Gasteiger partial charge is 0.255 e. The lowest BCUT2D eigenvalue weighted by Crippen LogP contribution is -2.19. The first-order valence-electron chi connectivity index (χ1n) is 9.14. The summed E-state index contributed by atoms with van der Waals surface area (Å²) in [7, 11) is 2.07. The van der Waals surface area contributed by atoms with Gasteiger partial charge in [0, 0.05) is 30.2 Å². The number of pyridine rings is 1. The molecule has 0 atom stereocenters. The van der Waals surface area contributed by atoms with Crippen LogP contribution in [0, 0.1) is 0 Å². The lowest BCUT2D eigenvalue weighted by atomic mass is 10.1. The van der Waals surface area contributed by atoms with Gasteiger partial charge in [-0.25, -0.2) is 0 Å². The maximum absolute atomic E-state index is 12.6. The number of hydrogen-bond acceptors (Lipinski definition) is 3. The number of nitrogens with one attached hydrogen (secondary N) is 1. The van der Waals surface area contributed by atoms with E-state index in [-0.39, 0.29) is 5.91 Å². The standard InChI is InChI=1S/C22H25N3O/c1-3-4-7-13-25(2)20-11-8-10-18(15-20)22(26)24-19-14-17-9-5-6-12-21(17)23-16-19/h5-6,8-12,14-16H,3-4,7,13H2,1-2H3,(H,24,26). The average molecular weight is 347 g/mol. The molecule has 3 rings (SSSR count). The Labute approximate surface area is 154 Å². The van der Waals surface area contributed by atoms with Crippen molar-refractivity contribution < 1.29 is 4.79 Å². The maximum atomic E-state index is 12.6. The van der Waals surface area contributed by atoms with Crippen LogP contribution in [-0.2, 0) is 0 Å². The minimum absolute atomic E-state index is 0.120. The van der Waals surface area contributed by atoms with Gasteiger partial charge < -0.3 is 10.2 Å². The first kappa shape index (κ1) is 17.9. The van der Waals surface area contributed by atoms with E-state index in [1.54, 1.807) is 6.20 Å². The number of anilines is 2. The second kappa shape index (κ2) is 8.48. The molecule has 0 aliphatic rings. The monoisotopic (exact) mass is 347 g/mol. The van der Waals surface area contributed by atoms with Gasteiger partial charge in [0.25, 0.3) is 5.91 Å². The van der Waals surface area contributed by atoms with E-state index < -0.39 is 0 Å². The quantitative estimate of drug-likeness (QED) is 0.604. The molecule has 0 unspecified atom stereocenters. The van der Waals surface area contributed by atoms with E-state index in [1.165, 1.54) is 12.8 Å². The summed E-state index contributed by atoms with van der Waals surface area (Å²) < 4.78 is 0. The minimum Gasteiger partial charge on any atom is -0.375 e. The van der Waals surface area contributed by atoms with Gasteiger partial charge in [-0.15, -0.1) is 0 Å². The molecule has 26 heavy (non-hydrogen) atoms. The van der Waals surface area contributed by atoms with E-state index in [1.807, 2.05) is 54.6 Å². The molecule has 0 fully saturated rings. The molecule has 4 heteroatoms. The van der Waals surface area contributed by atoms with Crippen LogP contribution in [-0.4, -0.2) is 24.5 Å². The van der Waals surface area contributed by atoms with Crippen molar-refractivity contribution in [3.05, 3.63) is 66.4 Å². The third-order valence-electron chi connectivity index (χ3n) is 4.49. The number of nitrogens with zero attached hydrogens (tertiary/aromatic N) is 2. The molecule has 2 aromatic carbocycles. The largest absolute Gasteiger partial charge is 0.375 e. The van der Waals surface area contributed by atoms with Gasteiger partial charge in [-0.3, -0.25) is 9.78 Å². The predicted octanol–water partition coefficient (Wildman–Crippen LogP) is 5.11. The zero-order chi connectivity index (χ0) is 18.4. The summed E-state index contributed by atoms with van der Waals surface area (Å²) in [6.45, 7) is 3.19. The van der Waals surface area contributed by atoms with Gasteiger partial charge >= 0.3 is 0 Å². The van der Waals surface area contributed by atoms with Gasteiger partial charge in [-0.05, 0) is 36.8 Å². The Morgan fingerprint density at radius 3 is 2.77 bits per heavy atom. The van der Waals surface area contributed by atoms with Gasteiger partial charge in [-0.1, -0.05) is 44.0 Å². The Balaban J connectivity index is 1.71. The number of carbonyl (C=O) groups is 1. The molecular formula is C22H25N3O. The summed E-state index contributed by atoms with van der Waals surface area (Å²) in [5.74, 6) is -0.120. The molecule has 0 radical (unpaired) electrons. The van der Waals surface area contributed by atoms with Gasteiger partial charge in [-0.2, -0.15) is 0 Å². The number of para-hydroxylation sites is 1. The molecule has 0 aliphatic carbocycles. The van der Waals surface area contributed by atoms with E-state index in [0.29, 0.717) is 11.3 Å². The van der Waals surface area contributed by atoms with Crippen LogP contribution in [0.3, 0.4) is 0 Å². The lowest BCUT2D eigenvalue weighted by Gasteiger charge is -2.19. The summed E-state index contributed by atoms with van der Waals surface area (Å²) in [5.41, 5.74) is 3.33. The number of amides is 1. The number of rotatable bonds is 7. The van der Waals surface area contributed by atoms with Crippen LogP contribution < -0.4 is 10.2 Å². The summed E-state index contributed by atoms with van der Waals surface area (Å²) in [5, 5.41) is 3.96. The second-order valence-corrected chi connectivity index (χ2v) is 6.55. The van der Waals surface area contributed by atoms with Crippen molar-refractivity contribution >= 4 is 28.2 Å². The van der Waals surface area contributed by atoms with Crippen LogP contribution in [0.25, 0.3) is 10.9 Å². The van der Waals surface area contributed by atoms with Crippen molar-refractivity contribution in [2.24, 2.45) is 0 Å². The highest BCUT2D eigenvalue weighted by Gasteiger charge is 2.09. The Bertz CT molecular complexity index is 891. The molecule has 1 heterocycles. The highest BCUT2D eigenvalue weighted by Crippen LogP contribution is 2.19. The fourth-order valence-electron chi connectivity index (χ4n) is 2.96. The lowest BCUT2D eigenvalue weighted by molar-refractivity contribution is 0.102. The van der Waals surface area contributed by atoms with Crippen molar-refractivity contribution in [2.75, 3.05) is 23.8 Å². The molecule has 134 valence electrons. The molecule has 4 nitrogen and oxygen atoms in total. The van der Waals surface area contributed by atoms with Crippen LogP contribution >= 0.6 is 0 Å².